The zero-order valence-corrected chi connectivity index (χ0v) is 15.3. The summed E-state index contributed by atoms with van der Waals surface area (Å²) in [5, 5.41) is 22.7. The fourth-order valence-corrected chi connectivity index (χ4v) is 3.69. The van der Waals surface area contributed by atoms with Gasteiger partial charge in [0.1, 0.15) is 11.3 Å². The van der Waals surface area contributed by atoms with Crippen molar-refractivity contribution in [3.05, 3.63) is 68.7 Å². The van der Waals surface area contributed by atoms with Gasteiger partial charge >= 0.3 is 5.69 Å². The standard InChI is InChI=1S/C19H20ClN3O4/c20-14-6-4-12(5-7-14)18(24)13-8-10-22(11-9-13)16-3-1-2-15(19(21)25)17(16)23(26)27/h1-7,13,18,24H,8-11H2,(H2,21,25)/t18-/m1/s1. The van der Waals surface area contributed by atoms with E-state index in [1.54, 1.807) is 36.4 Å². The highest BCUT2D eigenvalue weighted by atomic mass is 35.5. The average Bonchev–Trinajstić information content (AvgIpc) is 2.67. The van der Waals surface area contributed by atoms with Crippen molar-refractivity contribution in [2.45, 2.75) is 18.9 Å². The SMILES string of the molecule is NC(=O)c1cccc(N2CCC([C@H](O)c3ccc(Cl)cc3)CC2)c1[N+](=O)[O-]. The fraction of sp³-hybridized carbons (Fsp3) is 0.316. The number of aliphatic hydroxyl groups excluding tert-OH is 1. The van der Waals surface area contributed by atoms with Crippen LogP contribution < -0.4 is 10.6 Å². The number of rotatable bonds is 5. The van der Waals surface area contributed by atoms with E-state index in [-0.39, 0.29) is 17.2 Å². The number of carbonyl (C=O) groups excluding carboxylic acids is 1. The predicted molar refractivity (Wildman–Crippen MR) is 103 cm³/mol. The molecule has 1 atom stereocenters. The monoisotopic (exact) mass is 389 g/mol. The molecule has 0 unspecified atom stereocenters. The zero-order valence-electron chi connectivity index (χ0n) is 14.5. The first-order valence-corrected chi connectivity index (χ1v) is 9.02. The van der Waals surface area contributed by atoms with Gasteiger partial charge in [-0.1, -0.05) is 29.8 Å². The van der Waals surface area contributed by atoms with Gasteiger partial charge in [-0.2, -0.15) is 0 Å². The normalized spacial score (nSPS) is 16.1. The molecule has 0 radical (unpaired) electrons. The minimum Gasteiger partial charge on any atom is -0.388 e. The number of anilines is 1. The number of aliphatic hydroxyl groups is 1. The molecular formula is C19H20ClN3O4. The minimum atomic E-state index is -0.823. The number of piperidine rings is 1. The van der Waals surface area contributed by atoms with Crippen molar-refractivity contribution < 1.29 is 14.8 Å². The molecule has 2 aromatic carbocycles. The summed E-state index contributed by atoms with van der Waals surface area (Å²) in [6, 6.07) is 11.7. The Morgan fingerprint density at radius 3 is 2.41 bits per heavy atom. The van der Waals surface area contributed by atoms with Gasteiger partial charge in [-0.25, -0.2) is 0 Å². The Balaban J connectivity index is 1.76. The largest absolute Gasteiger partial charge is 0.388 e. The molecule has 1 aliphatic heterocycles. The van der Waals surface area contributed by atoms with E-state index in [0.717, 1.165) is 5.56 Å². The van der Waals surface area contributed by atoms with E-state index in [1.807, 2.05) is 4.90 Å². The number of halogens is 1. The fourth-order valence-electron chi connectivity index (χ4n) is 3.57. The van der Waals surface area contributed by atoms with E-state index < -0.39 is 16.9 Å². The van der Waals surface area contributed by atoms with E-state index in [1.165, 1.54) is 6.07 Å². The number of benzene rings is 2. The summed E-state index contributed by atoms with van der Waals surface area (Å²) < 4.78 is 0. The highest BCUT2D eigenvalue weighted by Gasteiger charge is 2.31. The second kappa shape index (κ2) is 7.94. The maximum atomic E-state index is 11.5. The number of para-hydroxylation sites is 1. The molecular weight excluding hydrogens is 370 g/mol. The Bertz CT molecular complexity index is 849. The van der Waals surface area contributed by atoms with Crippen LogP contribution in [-0.4, -0.2) is 29.0 Å². The lowest BCUT2D eigenvalue weighted by atomic mass is 9.87. The minimum absolute atomic E-state index is 0.0424. The number of primary amides is 1. The smallest absolute Gasteiger partial charge is 0.305 e. The topological polar surface area (TPSA) is 110 Å². The quantitative estimate of drug-likeness (QED) is 0.602. The summed E-state index contributed by atoms with van der Waals surface area (Å²) >= 11 is 5.89. The van der Waals surface area contributed by atoms with Crippen LogP contribution in [0, 0.1) is 16.0 Å². The van der Waals surface area contributed by atoms with Crippen LogP contribution in [-0.2, 0) is 0 Å². The average molecular weight is 390 g/mol. The predicted octanol–water partition coefficient (Wildman–Crippen LogP) is 3.30. The number of nitrogens with zero attached hydrogens (tertiary/aromatic N) is 2. The third-order valence-corrected chi connectivity index (χ3v) is 5.25. The van der Waals surface area contributed by atoms with Crippen molar-refractivity contribution in [2.75, 3.05) is 18.0 Å². The number of amides is 1. The van der Waals surface area contributed by atoms with Crippen LogP contribution >= 0.6 is 11.6 Å². The molecule has 0 spiro atoms. The number of nitrogens with two attached hydrogens (primary N) is 1. The molecule has 2 aromatic rings. The molecule has 27 heavy (non-hydrogen) atoms. The van der Waals surface area contributed by atoms with Gasteiger partial charge < -0.3 is 15.7 Å². The first kappa shape index (κ1) is 19.1. The van der Waals surface area contributed by atoms with E-state index in [0.29, 0.717) is 36.6 Å². The van der Waals surface area contributed by atoms with E-state index >= 15 is 0 Å². The van der Waals surface area contributed by atoms with Crippen molar-refractivity contribution in [1.29, 1.82) is 0 Å². The molecule has 3 rings (SSSR count). The first-order chi connectivity index (χ1) is 12.9. The summed E-state index contributed by atoms with van der Waals surface area (Å²) in [6.45, 7) is 1.08. The maximum Gasteiger partial charge on any atom is 0.305 e. The van der Waals surface area contributed by atoms with Crippen LogP contribution in [0.3, 0.4) is 0 Å². The molecule has 8 heteroatoms. The van der Waals surface area contributed by atoms with Crippen LogP contribution in [0.25, 0.3) is 0 Å². The lowest BCUT2D eigenvalue weighted by Gasteiger charge is -2.35. The molecule has 7 nitrogen and oxygen atoms in total. The molecule has 1 amide bonds. The van der Waals surface area contributed by atoms with E-state index in [4.69, 9.17) is 17.3 Å². The Labute approximate surface area is 161 Å². The first-order valence-electron chi connectivity index (χ1n) is 8.64. The Hall–Kier alpha value is -2.64. The van der Waals surface area contributed by atoms with Gasteiger partial charge in [0.25, 0.3) is 5.91 Å². The molecule has 1 fully saturated rings. The molecule has 3 N–H and O–H groups in total. The Morgan fingerprint density at radius 1 is 1.22 bits per heavy atom. The molecule has 142 valence electrons. The van der Waals surface area contributed by atoms with Crippen LogP contribution in [0.2, 0.25) is 5.02 Å². The van der Waals surface area contributed by atoms with Crippen molar-refractivity contribution in [3.63, 3.8) is 0 Å². The van der Waals surface area contributed by atoms with Gasteiger partial charge in [0.05, 0.1) is 11.0 Å². The van der Waals surface area contributed by atoms with Crippen LogP contribution in [0.1, 0.15) is 34.9 Å². The van der Waals surface area contributed by atoms with Gasteiger partial charge in [0, 0.05) is 18.1 Å². The third-order valence-electron chi connectivity index (χ3n) is 5.00. The molecule has 0 aliphatic carbocycles. The van der Waals surface area contributed by atoms with Crippen LogP contribution in [0.4, 0.5) is 11.4 Å². The molecule has 0 saturated carbocycles. The van der Waals surface area contributed by atoms with Gasteiger partial charge in [0.15, 0.2) is 0 Å². The van der Waals surface area contributed by atoms with Crippen molar-refractivity contribution in [1.82, 2.24) is 0 Å². The van der Waals surface area contributed by atoms with Gasteiger partial charge in [-0.3, -0.25) is 14.9 Å². The lowest BCUT2D eigenvalue weighted by molar-refractivity contribution is -0.384. The second-order valence-electron chi connectivity index (χ2n) is 6.62. The molecule has 1 heterocycles. The highest BCUT2D eigenvalue weighted by Crippen LogP contribution is 2.37. The summed E-state index contributed by atoms with van der Waals surface area (Å²) in [6.07, 6.45) is 0.722. The molecule has 1 aliphatic rings. The van der Waals surface area contributed by atoms with Crippen molar-refractivity contribution in [2.24, 2.45) is 11.7 Å². The molecule has 0 aromatic heterocycles. The Kier molecular flexibility index (Phi) is 5.62. The Morgan fingerprint density at radius 2 is 1.85 bits per heavy atom. The molecule has 0 bridgehead atoms. The number of nitro benzene ring substituents is 1. The summed E-state index contributed by atoms with van der Waals surface area (Å²) in [5.74, 6) is -0.780. The van der Waals surface area contributed by atoms with E-state index in [9.17, 15) is 20.0 Å². The number of hydrogen-bond acceptors (Lipinski definition) is 5. The summed E-state index contributed by atoms with van der Waals surface area (Å²) in [7, 11) is 0. The van der Waals surface area contributed by atoms with Gasteiger partial charge in [0.2, 0.25) is 0 Å². The van der Waals surface area contributed by atoms with Gasteiger partial charge in [-0.15, -0.1) is 0 Å². The molecule has 1 saturated heterocycles. The van der Waals surface area contributed by atoms with Crippen LogP contribution in [0.15, 0.2) is 42.5 Å². The van der Waals surface area contributed by atoms with Crippen LogP contribution in [0.5, 0.6) is 0 Å². The van der Waals surface area contributed by atoms with E-state index in [2.05, 4.69) is 0 Å². The lowest BCUT2D eigenvalue weighted by Crippen LogP contribution is -2.36. The van der Waals surface area contributed by atoms with Crippen molar-refractivity contribution in [3.8, 4) is 0 Å². The van der Waals surface area contributed by atoms with Crippen molar-refractivity contribution >= 4 is 28.9 Å². The zero-order chi connectivity index (χ0) is 19.6. The van der Waals surface area contributed by atoms with Gasteiger partial charge in [-0.05, 0) is 48.6 Å². The highest BCUT2D eigenvalue weighted by molar-refractivity contribution is 6.30. The maximum absolute atomic E-state index is 11.5. The number of hydrogen-bond donors (Lipinski definition) is 2. The summed E-state index contributed by atoms with van der Waals surface area (Å²) in [5.41, 5.74) is 6.11. The number of carbonyl (C=O) groups is 1. The third kappa shape index (κ3) is 4.04. The number of nitro groups is 1. The second-order valence-corrected chi connectivity index (χ2v) is 7.05. The summed E-state index contributed by atoms with van der Waals surface area (Å²) in [4.78, 5) is 24.3.